The Morgan fingerprint density at radius 3 is 2.43 bits per heavy atom. The number of carbonyl (C=O) groups is 2. The molecule has 1 aromatic carbocycles. The molecule has 7 heteroatoms. The van der Waals surface area contributed by atoms with Gasteiger partial charge in [-0.05, 0) is 48.5 Å². The number of hydrogen-bond acceptors (Lipinski definition) is 4. The molecule has 1 aliphatic rings. The summed E-state index contributed by atoms with van der Waals surface area (Å²) >= 11 is 1.49. The van der Waals surface area contributed by atoms with Crippen LogP contribution in [0.1, 0.15) is 47.7 Å². The molecule has 1 aliphatic heterocycles. The summed E-state index contributed by atoms with van der Waals surface area (Å²) in [7, 11) is 0. The third kappa shape index (κ3) is 6.35. The smallest absolute Gasteiger partial charge is 0.312 e. The van der Waals surface area contributed by atoms with Gasteiger partial charge in [-0.3, -0.25) is 9.69 Å². The van der Waals surface area contributed by atoms with Crippen molar-refractivity contribution in [3.05, 3.63) is 57.8 Å². The number of urea groups is 1. The predicted molar refractivity (Wildman–Crippen MR) is 112 cm³/mol. The van der Waals surface area contributed by atoms with Gasteiger partial charge >= 0.3 is 6.03 Å². The van der Waals surface area contributed by atoms with Crippen LogP contribution in [-0.2, 0) is 17.9 Å². The number of nitrogens with one attached hydrogen (secondary N) is 2. The Hall–Kier alpha value is -2.38. The van der Waals surface area contributed by atoms with E-state index in [1.807, 2.05) is 17.5 Å². The maximum absolute atomic E-state index is 12.3. The summed E-state index contributed by atoms with van der Waals surface area (Å²) in [6.45, 7) is 3.83. The molecule has 1 fully saturated rings. The van der Waals surface area contributed by atoms with E-state index in [9.17, 15) is 9.59 Å². The van der Waals surface area contributed by atoms with Crippen LogP contribution >= 0.6 is 11.3 Å². The average molecular weight is 401 g/mol. The average Bonchev–Trinajstić information content (AvgIpc) is 3.22. The van der Waals surface area contributed by atoms with Gasteiger partial charge in [-0.25, -0.2) is 4.79 Å². The van der Waals surface area contributed by atoms with Gasteiger partial charge in [0.25, 0.3) is 0 Å². The number of hydrogen-bond donors (Lipinski definition) is 3. The standard InChI is InChI=1S/C21H28N4O2S/c22-21(27)24-18(19-5-4-12-28-19)13-20(26)23-14-16-6-8-17(9-7-16)15-25-10-2-1-3-11-25/h4-9,12,18H,1-3,10-11,13-15H2,(H,23,26)(H3,22,24,27)/t18-/m1/s1. The molecule has 3 amide bonds. The zero-order valence-corrected chi connectivity index (χ0v) is 16.8. The number of nitrogens with two attached hydrogens (primary N) is 1. The molecular weight excluding hydrogens is 372 g/mol. The summed E-state index contributed by atoms with van der Waals surface area (Å²) in [5.41, 5.74) is 7.61. The normalized spacial score (nSPS) is 15.7. The summed E-state index contributed by atoms with van der Waals surface area (Å²) < 4.78 is 0. The molecule has 1 atom stereocenters. The molecule has 3 rings (SSSR count). The quantitative estimate of drug-likeness (QED) is 0.636. The molecule has 2 heterocycles. The number of likely N-dealkylation sites (tertiary alicyclic amines) is 1. The number of nitrogens with zero attached hydrogens (tertiary/aromatic N) is 1. The molecular formula is C21H28N4O2S. The first-order chi connectivity index (χ1) is 13.6. The molecule has 1 aromatic heterocycles. The zero-order valence-electron chi connectivity index (χ0n) is 16.0. The highest BCUT2D eigenvalue weighted by molar-refractivity contribution is 7.10. The summed E-state index contributed by atoms with van der Waals surface area (Å²) in [6, 6.07) is 11.2. The largest absolute Gasteiger partial charge is 0.352 e. The first-order valence-electron chi connectivity index (χ1n) is 9.76. The van der Waals surface area contributed by atoms with Crippen LogP contribution in [0.25, 0.3) is 0 Å². The molecule has 28 heavy (non-hydrogen) atoms. The Bertz CT molecular complexity index is 755. The lowest BCUT2D eigenvalue weighted by molar-refractivity contribution is -0.121. The molecule has 2 aromatic rings. The van der Waals surface area contributed by atoms with E-state index in [-0.39, 0.29) is 12.3 Å². The van der Waals surface area contributed by atoms with Gasteiger partial charge in [0.2, 0.25) is 5.91 Å². The molecule has 4 N–H and O–H groups in total. The van der Waals surface area contributed by atoms with Crippen LogP contribution in [-0.4, -0.2) is 29.9 Å². The maximum atomic E-state index is 12.3. The fraction of sp³-hybridized carbons (Fsp3) is 0.429. The number of rotatable bonds is 8. The van der Waals surface area contributed by atoms with Gasteiger partial charge < -0.3 is 16.4 Å². The van der Waals surface area contributed by atoms with Crippen LogP contribution in [0.4, 0.5) is 4.79 Å². The lowest BCUT2D eigenvalue weighted by Crippen LogP contribution is -2.36. The first kappa shape index (κ1) is 20.4. The highest BCUT2D eigenvalue weighted by Crippen LogP contribution is 2.22. The lowest BCUT2D eigenvalue weighted by atomic mass is 10.1. The minimum absolute atomic E-state index is 0.121. The Kier molecular flexibility index (Phi) is 7.45. The lowest BCUT2D eigenvalue weighted by Gasteiger charge is -2.26. The van der Waals surface area contributed by atoms with Crippen molar-refractivity contribution < 1.29 is 9.59 Å². The van der Waals surface area contributed by atoms with Crippen molar-refractivity contribution in [2.45, 2.75) is 44.8 Å². The predicted octanol–water partition coefficient (Wildman–Crippen LogP) is 3.15. The fourth-order valence-corrected chi connectivity index (χ4v) is 4.26. The molecule has 6 nitrogen and oxygen atoms in total. The molecule has 1 saturated heterocycles. The van der Waals surface area contributed by atoms with Crippen LogP contribution < -0.4 is 16.4 Å². The SMILES string of the molecule is NC(=O)N[C@H](CC(=O)NCc1ccc(CN2CCCCC2)cc1)c1cccs1. The highest BCUT2D eigenvalue weighted by atomic mass is 32.1. The van der Waals surface area contributed by atoms with Gasteiger partial charge in [-0.2, -0.15) is 0 Å². The first-order valence-corrected chi connectivity index (χ1v) is 10.6. The second kappa shape index (κ2) is 10.2. The topological polar surface area (TPSA) is 87.5 Å². The van der Waals surface area contributed by atoms with Gasteiger partial charge in [-0.15, -0.1) is 11.3 Å². The van der Waals surface area contributed by atoms with Gasteiger partial charge in [0.15, 0.2) is 0 Å². The maximum Gasteiger partial charge on any atom is 0.312 e. The van der Waals surface area contributed by atoms with Crippen LogP contribution in [0.15, 0.2) is 41.8 Å². The Labute approximate surface area is 170 Å². The van der Waals surface area contributed by atoms with Gasteiger partial charge in [-0.1, -0.05) is 36.8 Å². The molecule has 0 unspecified atom stereocenters. The van der Waals surface area contributed by atoms with Gasteiger partial charge in [0.05, 0.1) is 12.5 Å². The van der Waals surface area contributed by atoms with Crippen molar-refractivity contribution in [1.82, 2.24) is 15.5 Å². The summed E-state index contributed by atoms with van der Waals surface area (Å²) in [5.74, 6) is -0.121. The Morgan fingerprint density at radius 2 is 1.79 bits per heavy atom. The minimum atomic E-state index is -0.629. The van der Waals surface area contributed by atoms with E-state index in [0.29, 0.717) is 6.54 Å². The summed E-state index contributed by atoms with van der Waals surface area (Å²) in [5, 5.41) is 7.48. The van der Waals surface area contributed by atoms with Crippen LogP contribution in [0, 0.1) is 0 Å². The second-order valence-electron chi connectivity index (χ2n) is 7.21. The molecule has 150 valence electrons. The fourth-order valence-electron chi connectivity index (χ4n) is 3.48. The number of amides is 3. The van der Waals surface area contributed by atoms with Gasteiger partial charge in [0, 0.05) is 18.0 Å². The number of thiophene rings is 1. The van der Waals surface area contributed by atoms with E-state index in [4.69, 9.17) is 5.73 Å². The molecule has 0 spiro atoms. The van der Waals surface area contributed by atoms with Crippen molar-refractivity contribution in [3.8, 4) is 0 Å². The van der Waals surface area contributed by atoms with Crippen molar-refractivity contribution in [1.29, 1.82) is 0 Å². The zero-order chi connectivity index (χ0) is 19.8. The van der Waals surface area contributed by atoms with Crippen molar-refractivity contribution in [2.24, 2.45) is 5.73 Å². The van der Waals surface area contributed by atoms with E-state index in [1.165, 1.54) is 49.3 Å². The number of benzene rings is 1. The van der Waals surface area contributed by atoms with E-state index in [0.717, 1.165) is 17.0 Å². The van der Waals surface area contributed by atoms with Gasteiger partial charge in [0.1, 0.15) is 0 Å². The van der Waals surface area contributed by atoms with Crippen LogP contribution in [0.5, 0.6) is 0 Å². The second-order valence-corrected chi connectivity index (χ2v) is 8.19. The van der Waals surface area contributed by atoms with Crippen molar-refractivity contribution in [3.63, 3.8) is 0 Å². The van der Waals surface area contributed by atoms with E-state index in [2.05, 4.69) is 39.8 Å². The Balaban J connectivity index is 1.47. The number of carbonyl (C=O) groups excluding carboxylic acids is 2. The van der Waals surface area contributed by atoms with Crippen LogP contribution in [0.3, 0.4) is 0 Å². The summed E-state index contributed by atoms with van der Waals surface area (Å²) in [6.07, 6.45) is 4.09. The molecule has 0 radical (unpaired) electrons. The molecule has 0 saturated carbocycles. The third-order valence-corrected chi connectivity index (χ3v) is 5.95. The van der Waals surface area contributed by atoms with E-state index < -0.39 is 12.1 Å². The van der Waals surface area contributed by atoms with E-state index >= 15 is 0 Å². The third-order valence-electron chi connectivity index (χ3n) is 4.96. The van der Waals surface area contributed by atoms with Crippen LogP contribution in [0.2, 0.25) is 0 Å². The molecule has 0 aliphatic carbocycles. The van der Waals surface area contributed by atoms with E-state index in [1.54, 1.807) is 0 Å². The Morgan fingerprint density at radius 1 is 1.07 bits per heavy atom. The molecule has 0 bridgehead atoms. The number of primary amides is 1. The highest BCUT2D eigenvalue weighted by Gasteiger charge is 2.18. The number of piperidine rings is 1. The minimum Gasteiger partial charge on any atom is -0.352 e. The summed E-state index contributed by atoms with van der Waals surface area (Å²) in [4.78, 5) is 27.0. The monoisotopic (exact) mass is 400 g/mol. The van der Waals surface area contributed by atoms with Crippen molar-refractivity contribution >= 4 is 23.3 Å². The van der Waals surface area contributed by atoms with Crippen molar-refractivity contribution in [2.75, 3.05) is 13.1 Å².